The molecule has 1 fully saturated rings. The molecule has 1 aromatic rings. The Morgan fingerprint density at radius 2 is 1.96 bits per heavy atom. The van der Waals surface area contributed by atoms with Crippen LogP contribution >= 0.6 is 0 Å². The van der Waals surface area contributed by atoms with Crippen LogP contribution in [-0.4, -0.2) is 62.7 Å². The average molecular weight is 348 g/mol. The normalized spacial score (nSPS) is 18.6. The number of nitrogens with zero attached hydrogens (tertiary/aromatic N) is 2. The molecular weight excluding hydrogens is 316 g/mol. The second kappa shape index (κ2) is 10.4. The van der Waals surface area contributed by atoms with Crippen molar-refractivity contribution < 1.29 is 14.3 Å². The Kier molecular flexibility index (Phi) is 8.22. The fraction of sp³-hybridized carbons (Fsp3) is 0.650. The molecule has 25 heavy (non-hydrogen) atoms. The third-order valence-electron chi connectivity index (χ3n) is 4.93. The number of likely N-dealkylation sites (tertiary alicyclic amines) is 1. The molecule has 0 unspecified atom stereocenters. The fourth-order valence-corrected chi connectivity index (χ4v) is 3.39. The molecule has 1 aliphatic rings. The molecule has 1 heterocycles. The molecule has 140 valence electrons. The third kappa shape index (κ3) is 6.01. The highest BCUT2D eigenvalue weighted by molar-refractivity contribution is 5.82. The van der Waals surface area contributed by atoms with Crippen molar-refractivity contribution >= 4 is 5.91 Å². The summed E-state index contributed by atoms with van der Waals surface area (Å²) in [6.45, 7) is 3.04. The lowest BCUT2D eigenvalue weighted by Crippen LogP contribution is -2.47. The van der Waals surface area contributed by atoms with E-state index in [0.29, 0.717) is 13.2 Å². The van der Waals surface area contributed by atoms with E-state index in [0.717, 1.165) is 43.7 Å². The Hall–Kier alpha value is -1.59. The van der Waals surface area contributed by atoms with Gasteiger partial charge in [0.15, 0.2) is 0 Å². The summed E-state index contributed by atoms with van der Waals surface area (Å²) in [6.07, 6.45) is 5.35. The highest BCUT2D eigenvalue weighted by Gasteiger charge is 2.28. The van der Waals surface area contributed by atoms with Crippen molar-refractivity contribution in [2.45, 2.75) is 44.7 Å². The molecule has 0 saturated carbocycles. The average Bonchev–Trinajstić information content (AvgIpc) is 2.85. The number of methoxy groups -OCH3 is 2. The summed E-state index contributed by atoms with van der Waals surface area (Å²) < 4.78 is 10.4. The van der Waals surface area contributed by atoms with Crippen molar-refractivity contribution in [1.29, 1.82) is 0 Å². The minimum absolute atomic E-state index is 0.00305. The molecule has 1 amide bonds. The number of hydrogen-bond acceptors (Lipinski definition) is 4. The maximum Gasteiger partial charge on any atom is 0.240 e. The fourth-order valence-electron chi connectivity index (χ4n) is 3.39. The summed E-state index contributed by atoms with van der Waals surface area (Å²) >= 11 is 0. The van der Waals surface area contributed by atoms with E-state index in [-0.39, 0.29) is 11.9 Å². The van der Waals surface area contributed by atoms with Crippen molar-refractivity contribution in [1.82, 2.24) is 9.80 Å². The molecule has 1 aromatic carbocycles. The number of carbonyl (C=O) groups is 1. The maximum atomic E-state index is 13.2. The Labute approximate surface area is 151 Å². The number of amides is 1. The lowest BCUT2D eigenvalue weighted by molar-refractivity contribution is -0.137. The second-order valence-corrected chi connectivity index (χ2v) is 6.80. The molecule has 0 N–H and O–H groups in total. The summed E-state index contributed by atoms with van der Waals surface area (Å²) in [5.41, 5.74) is 1.13. The van der Waals surface area contributed by atoms with Crippen molar-refractivity contribution in [3.8, 4) is 5.75 Å². The Bertz CT molecular complexity index is 518. The molecule has 0 radical (unpaired) electrons. The van der Waals surface area contributed by atoms with E-state index >= 15 is 0 Å². The number of benzene rings is 1. The zero-order valence-corrected chi connectivity index (χ0v) is 15.9. The van der Waals surface area contributed by atoms with E-state index < -0.39 is 0 Å². The number of ether oxygens (including phenoxy) is 2. The summed E-state index contributed by atoms with van der Waals surface area (Å²) in [5, 5.41) is 0. The monoisotopic (exact) mass is 348 g/mol. The van der Waals surface area contributed by atoms with Gasteiger partial charge in [0.1, 0.15) is 5.75 Å². The van der Waals surface area contributed by atoms with Crippen LogP contribution in [0.4, 0.5) is 0 Å². The second-order valence-electron chi connectivity index (χ2n) is 6.80. The van der Waals surface area contributed by atoms with Crippen molar-refractivity contribution in [2.75, 3.05) is 41.0 Å². The molecule has 1 atom stereocenters. The van der Waals surface area contributed by atoms with Gasteiger partial charge in [0.2, 0.25) is 5.91 Å². The smallest absolute Gasteiger partial charge is 0.240 e. The summed E-state index contributed by atoms with van der Waals surface area (Å²) in [4.78, 5) is 17.4. The van der Waals surface area contributed by atoms with Gasteiger partial charge in [-0.2, -0.15) is 0 Å². The molecule has 0 spiro atoms. The van der Waals surface area contributed by atoms with E-state index in [4.69, 9.17) is 9.47 Å². The topological polar surface area (TPSA) is 42.0 Å². The number of hydrogen-bond donors (Lipinski definition) is 0. The lowest BCUT2D eigenvalue weighted by atomic mass is 10.1. The van der Waals surface area contributed by atoms with Crippen molar-refractivity contribution in [2.24, 2.45) is 0 Å². The first kappa shape index (κ1) is 19.7. The quantitative estimate of drug-likeness (QED) is 0.678. The minimum atomic E-state index is 0.00305. The van der Waals surface area contributed by atoms with Crippen molar-refractivity contribution in [3.05, 3.63) is 29.8 Å². The van der Waals surface area contributed by atoms with Crippen LogP contribution in [0.15, 0.2) is 24.3 Å². The summed E-state index contributed by atoms with van der Waals surface area (Å²) in [5.74, 6) is 1.08. The summed E-state index contributed by atoms with van der Waals surface area (Å²) in [6, 6.07) is 7.97. The highest BCUT2D eigenvalue weighted by atomic mass is 16.5. The Morgan fingerprint density at radius 1 is 1.20 bits per heavy atom. The minimum Gasteiger partial charge on any atom is -0.497 e. The molecule has 5 nitrogen and oxygen atoms in total. The SMILES string of the molecule is COCCCN(Cc1ccc(OC)cc1)C(=O)[C@@H]1CCCCCN1C. The van der Waals surface area contributed by atoms with Gasteiger partial charge in [-0.25, -0.2) is 0 Å². The number of rotatable bonds is 8. The van der Waals surface area contributed by atoms with Crippen molar-refractivity contribution in [3.63, 3.8) is 0 Å². The first-order valence-corrected chi connectivity index (χ1v) is 9.26. The van der Waals surface area contributed by atoms with E-state index in [1.165, 1.54) is 12.8 Å². The van der Waals surface area contributed by atoms with Crippen LogP contribution < -0.4 is 4.74 Å². The van der Waals surface area contributed by atoms with Crippen LogP contribution in [0.2, 0.25) is 0 Å². The van der Waals surface area contributed by atoms with Crippen LogP contribution in [0, 0.1) is 0 Å². The van der Waals surface area contributed by atoms with Crippen LogP contribution in [-0.2, 0) is 16.1 Å². The van der Waals surface area contributed by atoms with E-state index in [2.05, 4.69) is 11.9 Å². The number of likely N-dealkylation sites (N-methyl/N-ethyl adjacent to an activating group) is 1. The maximum absolute atomic E-state index is 13.2. The van der Waals surface area contributed by atoms with Gasteiger partial charge in [-0.1, -0.05) is 25.0 Å². The van der Waals surface area contributed by atoms with Gasteiger partial charge in [-0.15, -0.1) is 0 Å². The zero-order valence-electron chi connectivity index (χ0n) is 15.9. The first-order valence-electron chi connectivity index (χ1n) is 9.26. The van der Waals surface area contributed by atoms with E-state index in [9.17, 15) is 4.79 Å². The molecule has 1 saturated heterocycles. The van der Waals surface area contributed by atoms with Gasteiger partial charge >= 0.3 is 0 Å². The molecular formula is C20H32N2O3. The molecule has 2 rings (SSSR count). The molecule has 0 bridgehead atoms. The van der Waals surface area contributed by atoms with Gasteiger partial charge in [-0.3, -0.25) is 9.69 Å². The standard InChI is InChI=1S/C20H32N2O3/c1-21-13-6-4-5-8-19(21)20(23)22(14-7-15-24-2)16-17-9-11-18(25-3)12-10-17/h9-12,19H,4-8,13-16H2,1-3H3/t19-/m0/s1. The van der Waals surface area contributed by atoms with Crippen LogP contribution in [0.3, 0.4) is 0 Å². The van der Waals surface area contributed by atoms with Gasteiger partial charge in [0.05, 0.1) is 13.2 Å². The van der Waals surface area contributed by atoms with Gasteiger partial charge in [0, 0.05) is 26.8 Å². The molecule has 1 aliphatic heterocycles. The van der Waals surface area contributed by atoms with Gasteiger partial charge in [0.25, 0.3) is 0 Å². The van der Waals surface area contributed by atoms with E-state index in [1.54, 1.807) is 14.2 Å². The first-order chi connectivity index (χ1) is 12.2. The van der Waals surface area contributed by atoms with E-state index in [1.807, 2.05) is 29.2 Å². The largest absolute Gasteiger partial charge is 0.497 e. The predicted octanol–water partition coefficient (Wildman–Crippen LogP) is 2.93. The third-order valence-corrected chi connectivity index (χ3v) is 4.93. The van der Waals surface area contributed by atoms with Crippen LogP contribution in [0.25, 0.3) is 0 Å². The van der Waals surface area contributed by atoms with Gasteiger partial charge in [-0.05, 0) is 50.6 Å². The molecule has 0 aromatic heterocycles. The Morgan fingerprint density at radius 3 is 2.64 bits per heavy atom. The molecule has 0 aliphatic carbocycles. The predicted molar refractivity (Wildman–Crippen MR) is 99.8 cm³/mol. The van der Waals surface area contributed by atoms with Crippen LogP contribution in [0.1, 0.15) is 37.7 Å². The zero-order chi connectivity index (χ0) is 18.1. The molecule has 5 heteroatoms. The Balaban J connectivity index is 2.08. The van der Waals surface area contributed by atoms with Crippen LogP contribution in [0.5, 0.6) is 5.75 Å². The summed E-state index contributed by atoms with van der Waals surface area (Å²) in [7, 11) is 5.45. The lowest BCUT2D eigenvalue weighted by Gasteiger charge is -2.31. The highest BCUT2D eigenvalue weighted by Crippen LogP contribution is 2.19. The number of carbonyl (C=O) groups excluding carboxylic acids is 1. The van der Waals surface area contributed by atoms with Gasteiger partial charge < -0.3 is 14.4 Å².